The van der Waals surface area contributed by atoms with Gasteiger partial charge in [-0.1, -0.05) is 92.8 Å². The van der Waals surface area contributed by atoms with Crippen LogP contribution in [0, 0.1) is 11.8 Å². The zero-order chi connectivity index (χ0) is 27.3. The molecule has 0 bridgehead atoms. The second-order valence-electron chi connectivity index (χ2n) is 12.9. The van der Waals surface area contributed by atoms with Crippen molar-refractivity contribution in [1.82, 2.24) is 4.57 Å². The average molecular weight is 531 g/mol. The van der Waals surface area contributed by atoms with Gasteiger partial charge in [0.1, 0.15) is 5.84 Å². The van der Waals surface area contributed by atoms with E-state index in [-0.39, 0.29) is 5.41 Å². The third-order valence-corrected chi connectivity index (χ3v) is 10.3. The highest BCUT2D eigenvalue weighted by atomic mass is 15.1. The molecule has 5 aliphatic carbocycles. The zero-order valence-electron chi connectivity index (χ0n) is 23.8. The molecule has 2 atom stereocenters. The number of aliphatic imine (C=N–C) groups is 1. The Morgan fingerprint density at radius 2 is 1.85 bits per heavy atom. The van der Waals surface area contributed by atoms with Gasteiger partial charge >= 0.3 is 0 Å². The first-order valence-electron chi connectivity index (χ1n) is 15.3. The summed E-state index contributed by atoms with van der Waals surface area (Å²) >= 11 is 0. The van der Waals surface area contributed by atoms with Crippen molar-refractivity contribution in [2.75, 3.05) is 0 Å². The zero-order valence-corrected chi connectivity index (χ0v) is 23.8. The fraction of sp³-hybridized carbons (Fsp3) is 0.256. The highest BCUT2D eigenvalue weighted by Crippen LogP contribution is 2.58. The van der Waals surface area contributed by atoms with Gasteiger partial charge in [-0.3, -0.25) is 4.57 Å². The van der Waals surface area contributed by atoms with Gasteiger partial charge in [-0.25, -0.2) is 4.99 Å². The standard InChI is InChI=1S/C39H34N2/c1-39(2)31-17-9-4-8-16-28(31)37-35-24(13-12-18-32(35)39)23-33-36(37)30-22-25-21-29(25)26-14-6-3-7-15-27(26)38(30)41(33)34-19-10-5-11-20-40-34/h3-6,8-15,17-18,20,23,25,29H,7,16,19,21-22H2,1-2H3. The van der Waals surface area contributed by atoms with Gasteiger partial charge in [-0.15, -0.1) is 0 Å². The number of rotatable bonds is 0. The first-order valence-corrected chi connectivity index (χ1v) is 15.3. The maximum Gasteiger partial charge on any atom is 0.117 e. The molecular weight excluding hydrogens is 496 g/mol. The van der Waals surface area contributed by atoms with Crippen LogP contribution in [0.4, 0.5) is 0 Å². The van der Waals surface area contributed by atoms with E-state index >= 15 is 0 Å². The van der Waals surface area contributed by atoms with Crippen LogP contribution in [-0.2, 0) is 11.8 Å². The summed E-state index contributed by atoms with van der Waals surface area (Å²) in [5, 5.41) is 4.27. The molecule has 41 heavy (non-hydrogen) atoms. The van der Waals surface area contributed by atoms with Crippen molar-refractivity contribution in [2.45, 2.75) is 51.4 Å². The second-order valence-corrected chi connectivity index (χ2v) is 12.9. The lowest BCUT2D eigenvalue weighted by molar-refractivity contribution is 0.642. The molecule has 1 saturated carbocycles. The van der Waals surface area contributed by atoms with Crippen molar-refractivity contribution in [1.29, 1.82) is 0 Å². The molecule has 0 radical (unpaired) electrons. The number of benzene rings is 2. The van der Waals surface area contributed by atoms with Crippen molar-refractivity contribution >= 4 is 38.7 Å². The number of hydrogen-bond donors (Lipinski definition) is 0. The van der Waals surface area contributed by atoms with E-state index in [9.17, 15) is 0 Å². The molecule has 2 unspecified atom stereocenters. The Kier molecular flexibility index (Phi) is 4.83. The summed E-state index contributed by atoms with van der Waals surface area (Å²) in [6.07, 6.45) is 32.3. The molecule has 9 rings (SSSR count). The summed E-state index contributed by atoms with van der Waals surface area (Å²) in [4.78, 5) is 5.07. The van der Waals surface area contributed by atoms with E-state index in [4.69, 9.17) is 4.99 Å². The van der Waals surface area contributed by atoms with E-state index in [1.54, 1.807) is 5.56 Å². The molecule has 0 saturated heterocycles. The minimum Gasteiger partial charge on any atom is -0.297 e. The van der Waals surface area contributed by atoms with Crippen LogP contribution in [-0.4, -0.2) is 10.4 Å². The summed E-state index contributed by atoms with van der Waals surface area (Å²) < 4.78 is 2.56. The Balaban J connectivity index is 1.50. The van der Waals surface area contributed by atoms with Crippen molar-refractivity contribution in [3.8, 4) is 0 Å². The maximum atomic E-state index is 5.07. The molecule has 2 heteroatoms. The van der Waals surface area contributed by atoms with Crippen molar-refractivity contribution < 1.29 is 0 Å². The fourth-order valence-corrected chi connectivity index (χ4v) is 8.41. The monoisotopic (exact) mass is 530 g/mol. The van der Waals surface area contributed by atoms with Crippen molar-refractivity contribution in [3.63, 3.8) is 0 Å². The predicted octanol–water partition coefficient (Wildman–Crippen LogP) is 9.54. The Labute approximate surface area is 241 Å². The molecule has 0 amide bonds. The molecular formula is C39H34N2. The summed E-state index contributed by atoms with van der Waals surface area (Å²) in [7, 11) is 0. The number of aromatic nitrogens is 1. The Morgan fingerprint density at radius 3 is 2.80 bits per heavy atom. The van der Waals surface area contributed by atoms with Gasteiger partial charge in [-0.2, -0.15) is 0 Å². The SMILES string of the molecule is CC1(C)C2=C(CC=CC=C2)c2c3c1cccc3cc1c2c2c(n1C1=NC=CC=CC1)C1=CCC=CC=C1C1CC1C2. The Bertz CT molecular complexity index is 1990. The van der Waals surface area contributed by atoms with Crippen LogP contribution in [0.15, 0.2) is 113 Å². The van der Waals surface area contributed by atoms with Crippen LogP contribution in [0.5, 0.6) is 0 Å². The van der Waals surface area contributed by atoms with Gasteiger partial charge in [0.15, 0.2) is 0 Å². The van der Waals surface area contributed by atoms with E-state index < -0.39 is 0 Å². The number of nitrogens with zero attached hydrogens (tertiary/aromatic N) is 2. The van der Waals surface area contributed by atoms with Crippen LogP contribution >= 0.6 is 0 Å². The van der Waals surface area contributed by atoms with E-state index in [1.165, 1.54) is 67.2 Å². The third kappa shape index (κ3) is 3.22. The summed E-state index contributed by atoms with van der Waals surface area (Å²) in [6.45, 7) is 4.83. The molecule has 2 aromatic carbocycles. The lowest BCUT2D eigenvalue weighted by Crippen LogP contribution is -2.24. The van der Waals surface area contributed by atoms with Gasteiger partial charge in [0.25, 0.3) is 0 Å². The summed E-state index contributed by atoms with van der Waals surface area (Å²) in [5.74, 6) is 2.50. The van der Waals surface area contributed by atoms with Gasteiger partial charge in [0, 0.05) is 23.4 Å². The maximum absolute atomic E-state index is 5.07. The molecule has 2 heterocycles. The number of allylic oxidation sites excluding steroid dienone is 15. The first kappa shape index (κ1) is 23.5. The molecule has 1 aliphatic heterocycles. The van der Waals surface area contributed by atoms with Gasteiger partial charge in [-0.05, 0) is 99.4 Å². The minimum absolute atomic E-state index is 0.0501. The lowest BCUT2D eigenvalue weighted by Gasteiger charge is -2.36. The van der Waals surface area contributed by atoms with Gasteiger partial charge in [0.05, 0.1) is 11.2 Å². The second kappa shape index (κ2) is 8.42. The van der Waals surface area contributed by atoms with Gasteiger partial charge < -0.3 is 0 Å². The van der Waals surface area contributed by atoms with Crippen LogP contribution in [0.2, 0.25) is 0 Å². The molecule has 6 aliphatic rings. The van der Waals surface area contributed by atoms with Crippen LogP contribution in [0.25, 0.3) is 32.8 Å². The van der Waals surface area contributed by atoms with E-state index in [0.717, 1.165) is 31.5 Å². The Hall–Kier alpha value is -4.17. The Morgan fingerprint density at radius 1 is 0.951 bits per heavy atom. The summed E-state index contributed by atoms with van der Waals surface area (Å²) in [5.41, 5.74) is 13.1. The molecule has 200 valence electrons. The molecule has 0 spiro atoms. The number of hydrogen-bond acceptors (Lipinski definition) is 1. The van der Waals surface area contributed by atoms with Crippen LogP contribution in [0.1, 0.15) is 61.9 Å². The highest BCUT2D eigenvalue weighted by molar-refractivity contribution is 6.17. The highest BCUT2D eigenvalue weighted by Gasteiger charge is 2.46. The number of fused-ring (bicyclic) bond motifs is 9. The van der Waals surface area contributed by atoms with E-state index in [2.05, 4.69) is 110 Å². The minimum atomic E-state index is -0.0501. The molecule has 2 nitrogen and oxygen atoms in total. The normalized spacial score (nSPS) is 24.9. The van der Waals surface area contributed by atoms with Crippen LogP contribution in [0.3, 0.4) is 0 Å². The molecule has 1 fully saturated rings. The van der Waals surface area contributed by atoms with Crippen molar-refractivity contribution in [2.24, 2.45) is 16.8 Å². The molecule has 0 N–H and O–H groups in total. The predicted molar refractivity (Wildman–Crippen MR) is 173 cm³/mol. The smallest absolute Gasteiger partial charge is 0.117 e. The van der Waals surface area contributed by atoms with E-state index in [0.29, 0.717) is 11.8 Å². The van der Waals surface area contributed by atoms with E-state index in [1.807, 2.05) is 6.20 Å². The molecule has 1 aromatic heterocycles. The van der Waals surface area contributed by atoms with Crippen LogP contribution < -0.4 is 0 Å². The largest absolute Gasteiger partial charge is 0.297 e. The lowest BCUT2D eigenvalue weighted by atomic mass is 9.67. The average Bonchev–Trinajstić information content (AvgIpc) is 3.77. The van der Waals surface area contributed by atoms with Crippen molar-refractivity contribution in [3.05, 3.63) is 131 Å². The topological polar surface area (TPSA) is 17.3 Å². The first-order chi connectivity index (χ1) is 20.1. The quantitative estimate of drug-likeness (QED) is 0.275. The van der Waals surface area contributed by atoms with Gasteiger partial charge in [0.2, 0.25) is 0 Å². The third-order valence-electron chi connectivity index (χ3n) is 10.3. The summed E-state index contributed by atoms with van der Waals surface area (Å²) in [6, 6.07) is 9.47. The fourth-order valence-electron chi connectivity index (χ4n) is 8.41. The molecule has 3 aromatic rings.